The molecule has 0 N–H and O–H groups in total. The zero-order valence-electron chi connectivity index (χ0n) is 13.6. The van der Waals surface area contributed by atoms with Crippen LogP contribution in [0, 0.1) is 0 Å². The van der Waals surface area contributed by atoms with E-state index in [4.69, 9.17) is 0 Å². The highest BCUT2D eigenvalue weighted by Crippen LogP contribution is 2.24. The summed E-state index contributed by atoms with van der Waals surface area (Å²) < 4.78 is 0. The molecule has 114 valence electrons. The minimum absolute atomic E-state index is 1.01. The molecule has 0 saturated carbocycles. The van der Waals surface area contributed by atoms with Crippen LogP contribution < -0.4 is 10.4 Å². The van der Waals surface area contributed by atoms with Gasteiger partial charge in [0, 0.05) is 4.91 Å². The number of allylic oxidation sites excluding steroid dienone is 2. The first kappa shape index (κ1) is 15.6. The lowest BCUT2D eigenvalue weighted by Crippen LogP contribution is -2.26. The lowest BCUT2D eigenvalue weighted by molar-refractivity contribution is 1.61. The van der Waals surface area contributed by atoms with Crippen LogP contribution >= 0.6 is 11.8 Å². The van der Waals surface area contributed by atoms with Crippen molar-refractivity contribution in [1.82, 2.24) is 0 Å². The van der Waals surface area contributed by atoms with Crippen molar-refractivity contribution < 1.29 is 0 Å². The molecule has 0 heterocycles. The first-order valence-electron chi connectivity index (χ1n) is 7.71. The van der Waals surface area contributed by atoms with Crippen molar-refractivity contribution in [3.63, 3.8) is 0 Å². The summed E-state index contributed by atoms with van der Waals surface area (Å²) in [5.74, 6) is 0. The Balaban J connectivity index is 2.51. The van der Waals surface area contributed by atoms with Gasteiger partial charge in [0.25, 0.3) is 0 Å². The molecule has 0 unspecified atom stereocenters. The van der Waals surface area contributed by atoms with Gasteiger partial charge in [-0.05, 0) is 56.8 Å². The zero-order chi connectivity index (χ0) is 16.4. The van der Waals surface area contributed by atoms with Gasteiger partial charge in [0.05, 0.1) is 0 Å². The van der Waals surface area contributed by atoms with Crippen LogP contribution in [0.3, 0.4) is 0 Å². The molecule has 0 aliphatic heterocycles. The van der Waals surface area contributed by atoms with Crippen molar-refractivity contribution in [2.24, 2.45) is 0 Å². The highest BCUT2D eigenvalue weighted by Gasteiger charge is 2.05. The normalized spacial score (nSPS) is 13.0. The molecule has 3 aromatic rings. The summed E-state index contributed by atoms with van der Waals surface area (Å²) in [4.78, 5) is 2.07. The molecule has 0 bridgehead atoms. The van der Waals surface area contributed by atoms with Gasteiger partial charge in [-0.3, -0.25) is 0 Å². The number of hydrogen-bond donors (Lipinski definition) is 0. The third-order valence-corrected chi connectivity index (χ3v) is 4.64. The van der Waals surface area contributed by atoms with E-state index in [2.05, 4.69) is 80.8 Å². The molecule has 0 aromatic heterocycles. The van der Waals surface area contributed by atoms with Crippen molar-refractivity contribution in [3.8, 4) is 0 Å². The van der Waals surface area contributed by atoms with E-state index in [9.17, 15) is 0 Å². The van der Waals surface area contributed by atoms with Crippen LogP contribution in [0.4, 0.5) is 0 Å². The summed E-state index contributed by atoms with van der Waals surface area (Å²) >= 11 is 1.62. The van der Waals surface area contributed by atoms with Gasteiger partial charge in [0.2, 0.25) is 0 Å². The van der Waals surface area contributed by atoms with Gasteiger partial charge in [-0.25, -0.2) is 0 Å². The van der Waals surface area contributed by atoms with E-state index >= 15 is 0 Å². The van der Waals surface area contributed by atoms with Crippen LogP contribution in [0.2, 0.25) is 0 Å². The summed E-state index contributed by atoms with van der Waals surface area (Å²) in [5.41, 5.74) is 0. The van der Waals surface area contributed by atoms with Gasteiger partial charge in [0.1, 0.15) is 0 Å². The molecule has 0 saturated heterocycles. The molecule has 3 rings (SSSR count). The minimum atomic E-state index is 1.01. The fourth-order valence-electron chi connectivity index (χ4n) is 3.08. The SMILES string of the molecule is C=C(C)SC(=C)/C=c1\c(=C/C)c2ccccc2c2ccccc12. The molecular formula is C22H20S. The van der Waals surface area contributed by atoms with Crippen molar-refractivity contribution in [1.29, 1.82) is 0 Å². The molecule has 3 aromatic carbocycles. The van der Waals surface area contributed by atoms with Crippen LogP contribution in [0.5, 0.6) is 0 Å². The summed E-state index contributed by atoms with van der Waals surface area (Å²) in [7, 11) is 0. The Kier molecular flexibility index (Phi) is 4.40. The Hall–Kier alpha value is -2.25. The second-order valence-electron chi connectivity index (χ2n) is 5.62. The molecule has 0 amide bonds. The largest absolute Gasteiger partial charge is 0.0961 e. The highest BCUT2D eigenvalue weighted by atomic mass is 32.2. The average Bonchev–Trinajstić information content (AvgIpc) is 2.54. The standard InChI is InChI=1S/C22H20S/c1-5-17-18-10-6-7-11-19(18)20-12-8-9-13-21(20)22(17)14-16(4)23-15(2)3/h5-14H,2,4H2,1,3H3/b17-5-,22-14+. The number of hydrogen-bond acceptors (Lipinski definition) is 1. The van der Waals surface area contributed by atoms with E-state index in [1.54, 1.807) is 11.8 Å². The van der Waals surface area contributed by atoms with E-state index in [0.29, 0.717) is 0 Å². The van der Waals surface area contributed by atoms with E-state index in [0.717, 1.165) is 9.81 Å². The smallest absolute Gasteiger partial charge is 0.00527 e. The maximum absolute atomic E-state index is 4.19. The summed E-state index contributed by atoms with van der Waals surface area (Å²) in [6.07, 6.45) is 4.38. The number of thioether (sulfide) groups is 1. The molecule has 0 aliphatic rings. The molecule has 0 radical (unpaired) electrons. The number of rotatable bonds is 3. The van der Waals surface area contributed by atoms with Crippen molar-refractivity contribution in [2.45, 2.75) is 13.8 Å². The third-order valence-electron chi connectivity index (χ3n) is 3.91. The zero-order valence-corrected chi connectivity index (χ0v) is 14.4. The van der Waals surface area contributed by atoms with E-state index in [1.807, 2.05) is 6.92 Å². The van der Waals surface area contributed by atoms with Crippen molar-refractivity contribution in [2.75, 3.05) is 0 Å². The van der Waals surface area contributed by atoms with Crippen molar-refractivity contribution >= 4 is 45.5 Å². The Bertz CT molecular complexity index is 1040. The Morgan fingerprint density at radius 1 is 0.826 bits per heavy atom. The molecule has 23 heavy (non-hydrogen) atoms. The molecule has 0 spiro atoms. The van der Waals surface area contributed by atoms with Crippen LogP contribution in [0.15, 0.2) is 71.5 Å². The molecule has 1 heteroatoms. The Labute approximate surface area is 141 Å². The lowest BCUT2D eigenvalue weighted by Gasteiger charge is -2.08. The third kappa shape index (κ3) is 2.97. The molecule has 0 nitrogen and oxygen atoms in total. The van der Waals surface area contributed by atoms with Gasteiger partial charge in [-0.2, -0.15) is 0 Å². The summed E-state index contributed by atoms with van der Waals surface area (Å²) in [5, 5.41) is 7.64. The first-order chi connectivity index (χ1) is 11.1. The predicted octanol–water partition coefficient (Wildman–Crippen LogP) is 5.35. The fraction of sp³-hybridized carbons (Fsp3) is 0.0909. The first-order valence-corrected chi connectivity index (χ1v) is 8.53. The van der Waals surface area contributed by atoms with E-state index in [-0.39, 0.29) is 0 Å². The topological polar surface area (TPSA) is 0 Å². The predicted molar refractivity (Wildman–Crippen MR) is 107 cm³/mol. The van der Waals surface area contributed by atoms with Crippen LogP contribution in [0.25, 0.3) is 33.7 Å². The Morgan fingerprint density at radius 2 is 1.30 bits per heavy atom. The van der Waals surface area contributed by atoms with Gasteiger partial charge in [0.15, 0.2) is 0 Å². The van der Waals surface area contributed by atoms with Gasteiger partial charge in [-0.1, -0.05) is 79.5 Å². The molecular weight excluding hydrogens is 296 g/mol. The van der Waals surface area contributed by atoms with E-state index in [1.165, 1.54) is 32.0 Å². The summed E-state index contributed by atoms with van der Waals surface area (Å²) in [6, 6.07) is 17.2. The van der Waals surface area contributed by atoms with E-state index < -0.39 is 0 Å². The molecule has 0 atom stereocenters. The quantitative estimate of drug-likeness (QED) is 0.587. The van der Waals surface area contributed by atoms with Crippen LogP contribution in [-0.2, 0) is 0 Å². The number of benzene rings is 3. The minimum Gasteiger partial charge on any atom is -0.0961 e. The Morgan fingerprint density at radius 3 is 1.78 bits per heavy atom. The van der Waals surface area contributed by atoms with Gasteiger partial charge in [-0.15, -0.1) is 0 Å². The van der Waals surface area contributed by atoms with Crippen LogP contribution in [-0.4, -0.2) is 0 Å². The molecule has 0 fully saturated rings. The van der Waals surface area contributed by atoms with Gasteiger partial charge >= 0.3 is 0 Å². The maximum Gasteiger partial charge on any atom is 0.00527 e. The average molecular weight is 316 g/mol. The number of fused-ring (bicyclic) bond motifs is 3. The second kappa shape index (κ2) is 6.47. The molecule has 0 aliphatic carbocycles. The monoisotopic (exact) mass is 316 g/mol. The highest BCUT2D eigenvalue weighted by molar-refractivity contribution is 8.07. The van der Waals surface area contributed by atoms with Crippen LogP contribution in [0.1, 0.15) is 13.8 Å². The maximum atomic E-state index is 4.19. The van der Waals surface area contributed by atoms with Gasteiger partial charge < -0.3 is 0 Å². The second-order valence-corrected chi connectivity index (χ2v) is 7.05. The lowest BCUT2D eigenvalue weighted by atomic mass is 9.97. The fourth-order valence-corrected chi connectivity index (χ4v) is 3.70. The van der Waals surface area contributed by atoms with Crippen molar-refractivity contribution in [3.05, 3.63) is 81.9 Å². The summed E-state index contributed by atoms with van der Waals surface area (Å²) in [6.45, 7) is 12.3.